The molecule has 0 saturated heterocycles. The predicted molar refractivity (Wildman–Crippen MR) is 50.4 cm³/mol. The highest BCUT2D eigenvalue weighted by Crippen LogP contribution is 2.27. The van der Waals surface area contributed by atoms with Crippen LogP contribution in [0.2, 0.25) is 0 Å². The molecule has 0 radical (unpaired) electrons. The van der Waals surface area contributed by atoms with E-state index in [1.54, 1.807) is 0 Å². The average Bonchev–Trinajstić information content (AvgIpc) is 2.61. The number of rotatable bonds is 2. The molecule has 14 heavy (non-hydrogen) atoms. The van der Waals surface area contributed by atoms with E-state index < -0.39 is 6.10 Å². The number of benzene rings is 1. The SMILES string of the molecule is COC1=CC(=O)[C@@H](c2ccccc2)O1. The molecule has 1 heterocycles. The van der Waals surface area contributed by atoms with E-state index >= 15 is 0 Å². The van der Waals surface area contributed by atoms with E-state index in [-0.39, 0.29) is 11.7 Å². The number of hydrogen-bond acceptors (Lipinski definition) is 3. The maximum absolute atomic E-state index is 11.5. The van der Waals surface area contributed by atoms with E-state index in [0.717, 1.165) is 5.56 Å². The van der Waals surface area contributed by atoms with Gasteiger partial charge in [0.05, 0.1) is 13.2 Å². The number of carbonyl (C=O) groups is 1. The van der Waals surface area contributed by atoms with E-state index in [1.807, 2.05) is 30.3 Å². The van der Waals surface area contributed by atoms with Gasteiger partial charge in [0, 0.05) is 5.56 Å². The summed E-state index contributed by atoms with van der Waals surface area (Å²) < 4.78 is 10.1. The second-order valence-corrected chi connectivity index (χ2v) is 2.98. The van der Waals surface area contributed by atoms with Gasteiger partial charge in [-0.2, -0.15) is 0 Å². The lowest BCUT2D eigenvalue weighted by molar-refractivity contribution is -0.122. The van der Waals surface area contributed by atoms with E-state index in [9.17, 15) is 4.79 Å². The van der Waals surface area contributed by atoms with Crippen LogP contribution in [-0.4, -0.2) is 12.9 Å². The van der Waals surface area contributed by atoms with Crippen molar-refractivity contribution in [3.8, 4) is 0 Å². The second-order valence-electron chi connectivity index (χ2n) is 2.98. The molecule has 0 aliphatic carbocycles. The highest BCUT2D eigenvalue weighted by atomic mass is 16.7. The summed E-state index contributed by atoms with van der Waals surface area (Å²) in [6.45, 7) is 0. The van der Waals surface area contributed by atoms with Crippen LogP contribution in [0.1, 0.15) is 11.7 Å². The molecule has 1 aliphatic rings. The summed E-state index contributed by atoms with van der Waals surface area (Å²) in [5.41, 5.74) is 0.848. The maximum atomic E-state index is 11.5. The molecule has 0 fully saturated rings. The van der Waals surface area contributed by atoms with Crippen molar-refractivity contribution in [3.05, 3.63) is 47.9 Å². The standard InChI is InChI=1S/C11H10O3/c1-13-10-7-9(12)11(14-10)8-5-3-2-4-6-8/h2-7,11H,1H3/t11-/m1/s1. The smallest absolute Gasteiger partial charge is 0.283 e. The van der Waals surface area contributed by atoms with Crippen molar-refractivity contribution in [2.24, 2.45) is 0 Å². The van der Waals surface area contributed by atoms with Crippen LogP contribution < -0.4 is 0 Å². The molecular formula is C11H10O3. The minimum absolute atomic E-state index is 0.0759. The third-order valence-electron chi connectivity index (χ3n) is 2.06. The summed E-state index contributed by atoms with van der Waals surface area (Å²) in [4.78, 5) is 11.5. The fourth-order valence-corrected chi connectivity index (χ4v) is 1.37. The second kappa shape index (κ2) is 3.54. The molecule has 3 heteroatoms. The van der Waals surface area contributed by atoms with Gasteiger partial charge in [-0.15, -0.1) is 0 Å². The first-order valence-electron chi connectivity index (χ1n) is 4.32. The Labute approximate surface area is 81.9 Å². The van der Waals surface area contributed by atoms with Gasteiger partial charge in [-0.25, -0.2) is 0 Å². The molecule has 0 amide bonds. The van der Waals surface area contributed by atoms with Gasteiger partial charge in [0.15, 0.2) is 6.10 Å². The summed E-state index contributed by atoms with van der Waals surface area (Å²) >= 11 is 0. The van der Waals surface area contributed by atoms with Gasteiger partial charge in [-0.05, 0) is 0 Å². The van der Waals surface area contributed by atoms with Crippen molar-refractivity contribution in [1.82, 2.24) is 0 Å². The first-order valence-corrected chi connectivity index (χ1v) is 4.32. The van der Waals surface area contributed by atoms with Crippen molar-refractivity contribution >= 4 is 5.78 Å². The first-order chi connectivity index (χ1) is 6.81. The number of ketones is 1. The van der Waals surface area contributed by atoms with Gasteiger partial charge < -0.3 is 9.47 Å². The van der Waals surface area contributed by atoms with Crippen LogP contribution >= 0.6 is 0 Å². The van der Waals surface area contributed by atoms with Crippen LogP contribution in [0, 0.1) is 0 Å². The van der Waals surface area contributed by atoms with Crippen LogP contribution in [0.25, 0.3) is 0 Å². The Kier molecular flexibility index (Phi) is 2.23. The van der Waals surface area contributed by atoms with Gasteiger partial charge in [-0.3, -0.25) is 4.79 Å². The Morgan fingerprint density at radius 2 is 2.00 bits per heavy atom. The number of methoxy groups -OCH3 is 1. The molecule has 1 aromatic rings. The van der Waals surface area contributed by atoms with Crippen LogP contribution in [0.4, 0.5) is 0 Å². The van der Waals surface area contributed by atoms with Crippen molar-refractivity contribution < 1.29 is 14.3 Å². The summed E-state index contributed by atoms with van der Waals surface area (Å²) in [6, 6.07) is 9.35. The molecule has 1 aliphatic heterocycles. The lowest BCUT2D eigenvalue weighted by atomic mass is 10.1. The van der Waals surface area contributed by atoms with Crippen LogP contribution in [0.3, 0.4) is 0 Å². The largest absolute Gasteiger partial charge is 0.469 e. The Balaban J connectivity index is 2.21. The van der Waals surface area contributed by atoms with Crippen molar-refractivity contribution in [2.75, 3.05) is 7.11 Å². The summed E-state index contributed by atoms with van der Waals surface area (Å²) in [7, 11) is 1.48. The minimum atomic E-state index is -0.536. The van der Waals surface area contributed by atoms with Gasteiger partial charge in [0.2, 0.25) is 5.78 Å². The summed E-state index contributed by atoms with van der Waals surface area (Å²) in [5, 5.41) is 0. The van der Waals surface area contributed by atoms with Gasteiger partial charge >= 0.3 is 0 Å². The third-order valence-corrected chi connectivity index (χ3v) is 2.06. The van der Waals surface area contributed by atoms with E-state index in [1.165, 1.54) is 13.2 Å². The van der Waals surface area contributed by atoms with Crippen LogP contribution in [0.5, 0.6) is 0 Å². The quantitative estimate of drug-likeness (QED) is 0.713. The fourth-order valence-electron chi connectivity index (χ4n) is 1.37. The molecule has 3 nitrogen and oxygen atoms in total. The molecule has 0 spiro atoms. The molecule has 0 aromatic heterocycles. The van der Waals surface area contributed by atoms with Gasteiger partial charge in [0.1, 0.15) is 0 Å². The normalized spacial score (nSPS) is 20.2. The molecular weight excluding hydrogens is 180 g/mol. The number of hydrogen-bond donors (Lipinski definition) is 0. The molecule has 0 bridgehead atoms. The third kappa shape index (κ3) is 1.48. The average molecular weight is 190 g/mol. The Bertz CT molecular complexity index is 367. The molecule has 0 saturated carbocycles. The van der Waals surface area contributed by atoms with E-state index in [2.05, 4.69) is 0 Å². The van der Waals surface area contributed by atoms with Crippen LogP contribution in [0.15, 0.2) is 42.4 Å². The lowest BCUT2D eigenvalue weighted by Gasteiger charge is -2.10. The van der Waals surface area contributed by atoms with Crippen molar-refractivity contribution in [2.45, 2.75) is 6.10 Å². The monoisotopic (exact) mass is 190 g/mol. The highest BCUT2D eigenvalue weighted by Gasteiger charge is 2.28. The van der Waals surface area contributed by atoms with Crippen LogP contribution in [-0.2, 0) is 14.3 Å². The highest BCUT2D eigenvalue weighted by molar-refractivity contribution is 5.96. The fraction of sp³-hybridized carbons (Fsp3) is 0.182. The zero-order valence-electron chi connectivity index (χ0n) is 7.77. The molecule has 0 unspecified atom stereocenters. The molecule has 1 aromatic carbocycles. The zero-order valence-corrected chi connectivity index (χ0v) is 7.77. The van der Waals surface area contributed by atoms with Crippen molar-refractivity contribution in [1.29, 1.82) is 0 Å². The van der Waals surface area contributed by atoms with Gasteiger partial charge in [0.25, 0.3) is 5.95 Å². The van der Waals surface area contributed by atoms with Gasteiger partial charge in [-0.1, -0.05) is 30.3 Å². The Morgan fingerprint density at radius 1 is 1.29 bits per heavy atom. The molecule has 72 valence electrons. The molecule has 1 atom stereocenters. The predicted octanol–water partition coefficient (Wildman–Crippen LogP) is 1.81. The maximum Gasteiger partial charge on any atom is 0.283 e. The van der Waals surface area contributed by atoms with Crippen molar-refractivity contribution in [3.63, 3.8) is 0 Å². The van der Waals surface area contributed by atoms with E-state index in [4.69, 9.17) is 9.47 Å². The topological polar surface area (TPSA) is 35.5 Å². The summed E-state index contributed by atoms with van der Waals surface area (Å²) in [6.07, 6.45) is 0.837. The molecule has 2 rings (SSSR count). The zero-order chi connectivity index (χ0) is 9.97. The number of ether oxygens (including phenoxy) is 2. The first kappa shape index (κ1) is 8.81. The molecule has 0 N–H and O–H groups in total. The number of carbonyl (C=O) groups excluding carboxylic acids is 1. The Morgan fingerprint density at radius 3 is 2.57 bits per heavy atom. The Hall–Kier alpha value is -1.77. The van der Waals surface area contributed by atoms with E-state index in [0.29, 0.717) is 0 Å². The minimum Gasteiger partial charge on any atom is -0.469 e. The summed E-state index contributed by atoms with van der Waals surface area (Å²) in [5.74, 6) is 0.205. The lowest BCUT2D eigenvalue weighted by Crippen LogP contribution is -2.06.